The van der Waals surface area contributed by atoms with Crippen LogP contribution in [-0.4, -0.2) is 24.3 Å². The Balaban J connectivity index is 2.54. The third-order valence-electron chi connectivity index (χ3n) is 1.08. The number of rotatable bonds is 0. The Labute approximate surface area is 49.5 Å². The molecule has 44 valence electrons. The molecule has 0 aliphatic carbocycles. The van der Waals surface area contributed by atoms with Crippen LogP contribution in [0.4, 0.5) is 0 Å². The van der Waals surface area contributed by atoms with Gasteiger partial charge < -0.3 is 4.90 Å². The molecule has 0 saturated carbocycles. The minimum absolute atomic E-state index is 0.367. The lowest BCUT2D eigenvalue weighted by molar-refractivity contribution is 0.669. The van der Waals surface area contributed by atoms with Gasteiger partial charge in [-0.15, -0.1) is 0 Å². The van der Waals surface area contributed by atoms with E-state index in [1.807, 2.05) is 24.5 Å². The van der Waals surface area contributed by atoms with Gasteiger partial charge in [-0.3, -0.25) is 4.99 Å². The van der Waals surface area contributed by atoms with Crippen LogP contribution in [0.5, 0.6) is 0 Å². The SMILES string of the molecule is CC1C=CN(C)C=N1. The molecule has 0 aromatic carbocycles. The number of hydrogen-bond donors (Lipinski definition) is 0. The van der Waals surface area contributed by atoms with Crippen LogP contribution >= 0.6 is 0 Å². The van der Waals surface area contributed by atoms with Crippen LogP contribution in [-0.2, 0) is 0 Å². The van der Waals surface area contributed by atoms with Gasteiger partial charge in [0.1, 0.15) is 0 Å². The largest absolute Gasteiger partial charge is 0.343 e. The Kier molecular flexibility index (Phi) is 1.33. The van der Waals surface area contributed by atoms with Crippen LogP contribution in [0.25, 0.3) is 0 Å². The smallest absolute Gasteiger partial charge is 0.0894 e. The maximum absolute atomic E-state index is 4.12. The highest BCUT2D eigenvalue weighted by Crippen LogP contribution is 1.97. The minimum Gasteiger partial charge on any atom is -0.343 e. The van der Waals surface area contributed by atoms with Crippen LogP contribution in [0.1, 0.15) is 6.92 Å². The second-order valence-electron chi connectivity index (χ2n) is 2.01. The molecule has 1 atom stereocenters. The molecule has 0 N–H and O–H groups in total. The average Bonchev–Trinajstić information content (AvgIpc) is 1.77. The third-order valence-corrected chi connectivity index (χ3v) is 1.08. The molecule has 0 spiro atoms. The van der Waals surface area contributed by atoms with E-state index in [2.05, 4.69) is 18.0 Å². The Bertz CT molecular complexity index is 98.5. The minimum atomic E-state index is 0.367. The summed E-state index contributed by atoms with van der Waals surface area (Å²) in [6.45, 7) is 2.06. The molecule has 0 bridgehead atoms. The summed E-state index contributed by atoms with van der Waals surface area (Å²) in [5.41, 5.74) is 0. The predicted molar refractivity (Wildman–Crippen MR) is 34.9 cm³/mol. The summed E-state index contributed by atoms with van der Waals surface area (Å²) in [5.74, 6) is 0. The van der Waals surface area contributed by atoms with Crippen LogP contribution < -0.4 is 0 Å². The van der Waals surface area contributed by atoms with Crippen molar-refractivity contribution in [2.75, 3.05) is 7.05 Å². The lowest BCUT2D eigenvalue weighted by Gasteiger charge is -2.12. The quantitative estimate of drug-likeness (QED) is 0.451. The van der Waals surface area contributed by atoms with Crippen LogP contribution in [0.15, 0.2) is 17.3 Å². The molecule has 1 heterocycles. The van der Waals surface area contributed by atoms with Crippen molar-refractivity contribution >= 4 is 6.34 Å². The van der Waals surface area contributed by atoms with Gasteiger partial charge in [-0.2, -0.15) is 0 Å². The highest BCUT2D eigenvalue weighted by Gasteiger charge is 1.95. The lowest BCUT2D eigenvalue weighted by Crippen LogP contribution is -2.14. The van der Waals surface area contributed by atoms with E-state index in [0.29, 0.717) is 6.04 Å². The first-order valence-electron chi connectivity index (χ1n) is 2.72. The Morgan fingerprint density at radius 3 is 2.75 bits per heavy atom. The van der Waals surface area contributed by atoms with E-state index in [1.165, 1.54) is 0 Å². The van der Waals surface area contributed by atoms with Crippen molar-refractivity contribution in [1.29, 1.82) is 0 Å². The third kappa shape index (κ3) is 1.09. The van der Waals surface area contributed by atoms with E-state index in [1.54, 1.807) is 0 Å². The first-order chi connectivity index (χ1) is 3.79. The van der Waals surface area contributed by atoms with Gasteiger partial charge in [0.25, 0.3) is 0 Å². The highest BCUT2D eigenvalue weighted by molar-refractivity contribution is 5.57. The Hall–Kier alpha value is -0.790. The molecule has 8 heavy (non-hydrogen) atoms. The van der Waals surface area contributed by atoms with Crippen molar-refractivity contribution in [2.45, 2.75) is 13.0 Å². The summed E-state index contributed by atoms with van der Waals surface area (Å²) < 4.78 is 0. The lowest BCUT2D eigenvalue weighted by atomic mass is 10.3. The van der Waals surface area contributed by atoms with Crippen LogP contribution in [0, 0.1) is 0 Å². The van der Waals surface area contributed by atoms with E-state index in [-0.39, 0.29) is 0 Å². The van der Waals surface area contributed by atoms with E-state index >= 15 is 0 Å². The summed E-state index contributed by atoms with van der Waals surface area (Å²) in [6, 6.07) is 0.367. The summed E-state index contributed by atoms with van der Waals surface area (Å²) in [4.78, 5) is 6.06. The zero-order valence-electron chi connectivity index (χ0n) is 5.20. The summed E-state index contributed by atoms with van der Waals surface area (Å²) in [5, 5.41) is 0. The molecule has 0 saturated heterocycles. The van der Waals surface area contributed by atoms with Crippen LogP contribution in [0.3, 0.4) is 0 Å². The van der Waals surface area contributed by atoms with Gasteiger partial charge in [-0.05, 0) is 13.0 Å². The fraction of sp³-hybridized carbons (Fsp3) is 0.500. The molecule has 2 nitrogen and oxygen atoms in total. The van der Waals surface area contributed by atoms with Crippen molar-refractivity contribution < 1.29 is 0 Å². The molecule has 0 aromatic heterocycles. The van der Waals surface area contributed by atoms with Gasteiger partial charge in [0.15, 0.2) is 0 Å². The topological polar surface area (TPSA) is 15.6 Å². The molecular formula is C6H10N2. The van der Waals surface area contributed by atoms with Gasteiger partial charge in [-0.25, -0.2) is 0 Å². The first kappa shape index (κ1) is 5.35. The summed E-state index contributed by atoms with van der Waals surface area (Å²) >= 11 is 0. The predicted octanol–water partition coefficient (Wildman–Crippen LogP) is 0.862. The van der Waals surface area contributed by atoms with E-state index < -0.39 is 0 Å². The number of aliphatic imine (C=N–C) groups is 1. The zero-order chi connectivity index (χ0) is 5.98. The number of nitrogens with zero attached hydrogens (tertiary/aromatic N) is 2. The van der Waals surface area contributed by atoms with Crippen molar-refractivity contribution in [2.24, 2.45) is 4.99 Å². The monoisotopic (exact) mass is 110 g/mol. The maximum Gasteiger partial charge on any atom is 0.0894 e. The second-order valence-corrected chi connectivity index (χ2v) is 2.01. The van der Waals surface area contributed by atoms with E-state index in [0.717, 1.165) is 0 Å². The fourth-order valence-corrected chi connectivity index (χ4v) is 0.559. The molecular weight excluding hydrogens is 100 g/mol. The molecule has 1 aliphatic rings. The molecule has 0 radical (unpaired) electrons. The molecule has 0 aromatic rings. The van der Waals surface area contributed by atoms with E-state index in [9.17, 15) is 0 Å². The van der Waals surface area contributed by atoms with Gasteiger partial charge in [0.05, 0.1) is 12.4 Å². The average molecular weight is 110 g/mol. The summed E-state index contributed by atoms with van der Waals surface area (Å²) in [6.07, 6.45) is 5.89. The normalized spacial score (nSPS) is 26.8. The Morgan fingerprint density at radius 2 is 2.38 bits per heavy atom. The molecule has 2 heteroatoms. The van der Waals surface area contributed by atoms with Gasteiger partial charge in [-0.1, -0.05) is 0 Å². The Morgan fingerprint density at radius 1 is 1.62 bits per heavy atom. The first-order valence-corrected chi connectivity index (χ1v) is 2.72. The van der Waals surface area contributed by atoms with Gasteiger partial charge >= 0.3 is 0 Å². The fourth-order valence-electron chi connectivity index (χ4n) is 0.559. The molecule has 1 rings (SSSR count). The summed E-state index contributed by atoms with van der Waals surface area (Å²) in [7, 11) is 1.96. The standard InChI is InChI=1S/C6H10N2/c1-6-3-4-8(2)5-7-6/h3-6H,1-2H3. The highest BCUT2D eigenvalue weighted by atomic mass is 15.1. The molecule has 1 unspecified atom stereocenters. The van der Waals surface area contributed by atoms with Crippen molar-refractivity contribution in [3.63, 3.8) is 0 Å². The van der Waals surface area contributed by atoms with Gasteiger partial charge in [0.2, 0.25) is 0 Å². The molecule has 1 aliphatic heterocycles. The number of hydrogen-bond acceptors (Lipinski definition) is 2. The van der Waals surface area contributed by atoms with Crippen molar-refractivity contribution in [3.8, 4) is 0 Å². The van der Waals surface area contributed by atoms with Crippen molar-refractivity contribution in [3.05, 3.63) is 12.3 Å². The van der Waals surface area contributed by atoms with Crippen molar-refractivity contribution in [1.82, 2.24) is 4.90 Å². The van der Waals surface area contributed by atoms with Crippen LogP contribution in [0.2, 0.25) is 0 Å². The van der Waals surface area contributed by atoms with E-state index in [4.69, 9.17) is 0 Å². The maximum atomic E-state index is 4.12. The zero-order valence-corrected chi connectivity index (χ0v) is 5.20. The molecule has 0 fully saturated rings. The molecule has 0 amide bonds. The van der Waals surface area contributed by atoms with Gasteiger partial charge in [0, 0.05) is 13.2 Å². The second kappa shape index (κ2) is 1.99.